The number of imidazole rings is 1. The fourth-order valence-corrected chi connectivity index (χ4v) is 4.85. The van der Waals surface area contributed by atoms with Crippen LogP contribution in [-0.4, -0.2) is 38.2 Å². The van der Waals surface area contributed by atoms with Crippen molar-refractivity contribution >= 4 is 66.8 Å². The Morgan fingerprint density at radius 1 is 1.35 bits per heavy atom. The van der Waals surface area contributed by atoms with Gasteiger partial charge in [0.2, 0.25) is 5.91 Å². The van der Waals surface area contributed by atoms with Crippen molar-refractivity contribution in [3.8, 4) is 11.4 Å². The fraction of sp³-hybridized carbons (Fsp3) is 0.105. The molecule has 0 aliphatic rings. The molecule has 12 heteroatoms. The summed E-state index contributed by atoms with van der Waals surface area (Å²) in [6.45, 7) is 0. The third-order valence-corrected chi connectivity index (χ3v) is 6.53. The van der Waals surface area contributed by atoms with Gasteiger partial charge in [-0.1, -0.05) is 35.2 Å². The number of anilines is 1. The van der Waals surface area contributed by atoms with Crippen molar-refractivity contribution in [3.05, 3.63) is 62.6 Å². The summed E-state index contributed by atoms with van der Waals surface area (Å²) in [7, 11) is 1.56. The predicted molar refractivity (Wildman–Crippen MR) is 123 cm³/mol. The van der Waals surface area contributed by atoms with Crippen LogP contribution in [0, 0.1) is 10.1 Å². The number of fused-ring (bicyclic) bond motifs is 1. The summed E-state index contributed by atoms with van der Waals surface area (Å²) in [6.07, 6.45) is 1.61. The lowest BCUT2D eigenvalue weighted by Crippen LogP contribution is -2.14. The molecule has 158 valence electrons. The summed E-state index contributed by atoms with van der Waals surface area (Å²) in [5.74, 6) is 0.452. The molecule has 0 spiro atoms. The molecule has 2 aromatic heterocycles. The molecule has 4 rings (SSSR count). The molecule has 31 heavy (non-hydrogen) atoms. The van der Waals surface area contributed by atoms with Gasteiger partial charge in [-0.2, -0.15) is 0 Å². The summed E-state index contributed by atoms with van der Waals surface area (Å²) in [6, 6.07) is 11.9. The van der Waals surface area contributed by atoms with Gasteiger partial charge in [0.15, 0.2) is 10.3 Å². The molecule has 4 aromatic rings. The minimum atomic E-state index is -0.464. The number of halogens is 1. The Labute approximate surface area is 192 Å². The topological polar surface area (TPSA) is 112 Å². The number of amides is 1. The van der Waals surface area contributed by atoms with Gasteiger partial charge in [0.1, 0.15) is 5.75 Å². The molecular weight excluding hydrogens is 506 g/mol. The molecule has 1 amide bonds. The van der Waals surface area contributed by atoms with Gasteiger partial charge in [0.05, 0.1) is 44.5 Å². The number of methoxy groups -OCH3 is 1. The first-order chi connectivity index (χ1) is 15.0. The molecule has 0 fully saturated rings. The lowest BCUT2D eigenvalue weighted by Gasteiger charge is -2.12. The molecule has 9 nitrogen and oxygen atoms in total. The molecule has 0 unspecified atom stereocenters. The number of carbonyl (C=O) groups excluding carboxylic acids is 1. The van der Waals surface area contributed by atoms with Crippen molar-refractivity contribution in [3.63, 3.8) is 0 Å². The van der Waals surface area contributed by atoms with Crippen molar-refractivity contribution in [2.75, 3.05) is 18.2 Å². The summed E-state index contributed by atoms with van der Waals surface area (Å²) in [5.41, 5.74) is 1.78. The Hall–Kier alpha value is -2.96. The second-order valence-electron chi connectivity index (χ2n) is 6.14. The van der Waals surface area contributed by atoms with Gasteiger partial charge in [0.25, 0.3) is 5.69 Å². The molecule has 1 N–H and O–H groups in total. The molecule has 0 saturated heterocycles. The average Bonchev–Trinajstić information content (AvgIpc) is 3.34. The monoisotopic (exact) mass is 519 g/mol. The van der Waals surface area contributed by atoms with Crippen LogP contribution in [0.1, 0.15) is 0 Å². The average molecular weight is 520 g/mol. The number of para-hydroxylation sites is 2. The smallest absolute Gasteiger partial charge is 0.271 e. The number of benzene rings is 2. The first kappa shape index (κ1) is 21.3. The van der Waals surface area contributed by atoms with Crippen molar-refractivity contribution in [2.45, 2.75) is 5.16 Å². The maximum Gasteiger partial charge on any atom is 0.271 e. The SMILES string of the molecule is COc1ccccc1-n1c(SCC(=O)Nc2ncc(Br)s2)nc2cc([N+](=O)[O-])ccc21. The quantitative estimate of drug-likeness (QED) is 0.210. The Balaban J connectivity index is 1.70. The van der Waals surface area contributed by atoms with Crippen LogP contribution in [0.15, 0.2) is 57.6 Å². The summed E-state index contributed by atoms with van der Waals surface area (Å²) >= 11 is 5.84. The van der Waals surface area contributed by atoms with Gasteiger partial charge in [-0.3, -0.25) is 19.5 Å². The number of nitro benzene ring substituents is 1. The number of nitro groups is 1. The second-order valence-corrected chi connectivity index (χ2v) is 9.49. The number of aromatic nitrogens is 3. The molecule has 2 aromatic carbocycles. The van der Waals surface area contributed by atoms with E-state index in [0.29, 0.717) is 32.8 Å². The number of thioether (sulfide) groups is 1. The maximum atomic E-state index is 12.4. The second kappa shape index (κ2) is 9.04. The molecule has 2 heterocycles. The van der Waals surface area contributed by atoms with Crippen LogP contribution in [0.2, 0.25) is 0 Å². The predicted octanol–water partition coefficient (Wildman–Crippen LogP) is 4.89. The molecule has 0 aliphatic carbocycles. The number of nitrogens with one attached hydrogen (secondary N) is 1. The Morgan fingerprint density at radius 3 is 2.87 bits per heavy atom. The highest BCUT2D eigenvalue weighted by molar-refractivity contribution is 9.11. The summed E-state index contributed by atoms with van der Waals surface area (Å²) < 4.78 is 8.13. The van der Waals surface area contributed by atoms with E-state index in [9.17, 15) is 14.9 Å². The molecule has 0 radical (unpaired) electrons. The minimum Gasteiger partial charge on any atom is -0.495 e. The normalized spacial score (nSPS) is 10.9. The zero-order chi connectivity index (χ0) is 22.0. The van der Waals surface area contributed by atoms with E-state index in [1.807, 2.05) is 28.8 Å². The van der Waals surface area contributed by atoms with E-state index < -0.39 is 4.92 Å². The molecule has 0 atom stereocenters. The van der Waals surface area contributed by atoms with Crippen LogP contribution < -0.4 is 10.1 Å². The summed E-state index contributed by atoms with van der Waals surface area (Å²) in [4.78, 5) is 31.8. The molecular formula is C19H14BrN5O4S2. The highest BCUT2D eigenvalue weighted by atomic mass is 79.9. The number of ether oxygens (including phenoxy) is 1. The highest BCUT2D eigenvalue weighted by Gasteiger charge is 2.19. The zero-order valence-corrected chi connectivity index (χ0v) is 19.2. The third-order valence-electron chi connectivity index (χ3n) is 4.20. The number of thiazole rings is 1. The number of non-ortho nitro benzene ring substituents is 1. The van der Waals surface area contributed by atoms with Crippen molar-refractivity contribution in [1.29, 1.82) is 0 Å². The van der Waals surface area contributed by atoms with E-state index in [1.165, 1.54) is 35.2 Å². The van der Waals surface area contributed by atoms with Crippen LogP contribution in [0.4, 0.5) is 10.8 Å². The van der Waals surface area contributed by atoms with E-state index in [4.69, 9.17) is 4.74 Å². The first-order valence-electron chi connectivity index (χ1n) is 8.80. The van der Waals surface area contributed by atoms with Gasteiger partial charge in [-0.05, 0) is 34.1 Å². The Kier molecular flexibility index (Phi) is 6.20. The highest BCUT2D eigenvalue weighted by Crippen LogP contribution is 2.34. The Bertz CT molecular complexity index is 1290. The minimum absolute atomic E-state index is 0.0548. The van der Waals surface area contributed by atoms with Crippen LogP contribution in [0.25, 0.3) is 16.7 Å². The number of hydrogen-bond donors (Lipinski definition) is 1. The van der Waals surface area contributed by atoms with E-state index in [0.717, 1.165) is 3.79 Å². The Morgan fingerprint density at radius 2 is 2.16 bits per heavy atom. The lowest BCUT2D eigenvalue weighted by molar-refractivity contribution is -0.384. The third kappa shape index (κ3) is 4.55. The van der Waals surface area contributed by atoms with Gasteiger partial charge < -0.3 is 10.1 Å². The van der Waals surface area contributed by atoms with Gasteiger partial charge in [-0.15, -0.1) is 0 Å². The number of nitrogens with zero attached hydrogens (tertiary/aromatic N) is 4. The van der Waals surface area contributed by atoms with Crippen LogP contribution in [-0.2, 0) is 4.79 Å². The lowest BCUT2D eigenvalue weighted by atomic mass is 10.2. The van der Waals surface area contributed by atoms with Crippen LogP contribution >= 0.6 is 39.0 Å². The largest absolute Gasteiger partial charge is 0.495 e. The number of hydrogen-bond acceptors (Lipinski definition) is 8. The standard InChI is InChI=1S/C19H14BrN5O4S2/c1-29-15-5-3-2-4-14(15)24-13-7-6-11(25(27)28)8-12(13)22-19(24)30-10-17(26)23-18-21-9-16(20)31-18/h2-9H,10H2,1H3,(H,21,23,26). The van der Waals surface area contributed by atoms with Crippen molar-refractivity contribution < 1.29 is 14.5 Å². The molecule has 0 bridgehead atoms. The van der Waals surface area contributed by atoms with Gasteiger partial charge >= 0.3 is 0 Å². The molecule has 0 saturated carbocycles. The van der Waals surface area contributed by atoms with E-state index in [-0.39, 0.29) is 17.3 Å². The van der Waals surface area contributed by atoms with Gasteiger partial charge in [-0.25, -0.2) is 9.97 Å². The summed E-state index contributed by atoms with van der Waals surface area (Å²) in [5, 5.41) is 14.9. The zero-order valence-electron chi connectivity index (χ0n) is 15.9. The van der Waals surface area contributed by atoms with Crippen molar-refractivity contribution in [2.24, 2.45) is 0 Å². The van der Waals surface area contributed by atoms with Crippen LogP contribution in [0.3, 0.4) is 0 Å². The number of rotatable bonds is 7. The first-order valence-corrected chi connectivity index (χ1v) is 11.4. The van der Waals surface area contributed by atoms with E-state index >= 15 is 0 Å². The number of carbonyl (C=O) groups is 1. The van der Waals surface area contributed by atoms with Gasteiger partial charge in [0, 0.05) is 12.1 Å². The van der Waals surface area contributed by atoms with E-state index in [2.05, 4.69) is 31.2 Å². The van der Waals surface area contributed by atoms with Crippen molar-refractivity contribution in [1.82, 2.24) is 14.5 Å². The van der Waals surface area contributed by atoms with Crippen LogP contribution in [0.5, 0.6) is 5.75 Å². The van der Waals surface area contributed by atoms with E-state index in [1.54, 1.807) is 19.4 Å². The maximum absolute atomic E-state index is 12.4. The molecule has 0 aliphatic heterocycles. The fourth-order valence-electron chi connectivity index (χ4n) is 2.90.